The van der Waals surface area contributed by atoms with Crippen LogP contribution in [-0.2, 0) is 19.7 Å². The number of ether oxygens (including phenoxy) is 2. The van der Waals surface area contributed by atoms with Crippen molar-refractivity contribution in [1.82, 2.24) is 10.2 Å². The molecular weight excluding hydrogens is 480 g/mol. The number of aromatic hydroxyl groups is 1. The molecule has 2 N–H and O–H groups in total. The summed E-state index contributed by atoms with van der Waals surface area (Å²) >= 11 is 0. The Kier molecular flexibility index (Phi) is 7.48. The van der Waals surface area contributed by atoms with Crippen molar-refractivity contribution in [2.24, 2.45) is 5.92 Å². The summed E-state index contributed by atoms with van der Waals surface area (Å²) in [6.45, 7) is 4.19. The van der Waals surface area contributed by atoms with E-state index in [4.69, 9.17) is 9.47 Å². The maximum absolute atomic E-state index is 12.9. The van der Waals surface area contributed by atoms with Gasteiger partial charge in [0, 0.05) is 37.5 Å². The van der Waals surface area contributed by atoms with Gasteiger partial charge >= 0.3 is 5.97 Å². The smallest absolute Gasteiger partial charge is 0.303 e. The number of hydrogen-bond donors (Lipinski definition) is 2. The van der Waals surface area contributed by atoms with E-state index in [1.165, 1.54) is 25.8 Å². The van der Waals surface area contributed by atoms with Crippen LogP contribution in [0.5, 0.6) is 11.5 Å². The zero-order valence-corrected chi connectivity index (χ0v) is 22.3. The van der Waals surface area contributed by atoms with Crippen LogP contribution in [0.25, 0.3) is 6.08 Å². The van der Waals surface area contributed by atoms with Crippen LogP contribution in [-0.4, -0.2) is 60.3 Å². The topological polar surface area (TPSA) is 88.1 Å². The van der Waals surface area contributed by atoms with E-state index in [2.05, 4.69) is 22.3 Å². The van der Waals surface area contributed by atoms with E-state index in [1.54, 1.807) is 31.4 Å². The Morgan fingerprint density at radius 3 is 2.68 bits per heavy atom. The van der Waals surface area contributed by atoms with Crippen LogP contribution in [0.3, 0.4) is 0 Å². The van der Waals surface area contributed by atoms with E-state index in [-0.39, 0.29) is 23.7 Å². The quantitative estimate of drug-likeness (QED) is 0.397. The average Bonchev–Trinajstić information content (AvgIpc) is 3.71. The largest absolute Gasteiger partial charge is 0.508 e. The third kappa shape index (κ3) is 5.58. The third-order valence-corrected chi connectivity index (χ3v) is 8.52. The Balaban J connectivity index is 1.43. The Morgan fingerprint density at radius 2 is 1.95 bits per heavy atom. The van der Waals surface area contributed by atoms with Crippen molar-refractivity contribution < 1.29 is 24.2 Å². The van der Waals surface area contributed by atoms with Crippen molar-refractivity contribution in [2.75, 3.05) is 26.7 Å². The van der Waals surface area contributed by atoms with Gasteiger partial charge in [0.1, 0.15) is 17.1 Å². The number of rotatable bonds is 8. The fourth-order valence-electron chi connectivity index (χ4n) is 6.60. The maximum Gasteiger partial charge on any atom is 0.303 e. The molecule has 0 spiro atoms. The lowest BCUT2D eigenvalue weighted by atomic mass is 9.55. The number of piperidine rings is 1. The van der Waals surface area contributed by atoms with Gasteiger partial charge in [0.2, 0.25) is 5.91 Å². The lowest BCUT2D eigenvalue weighted by Gasteiger charge is -2.59. The molecule has 38 heavy (non-hydrogen) atoms. The minimum absolute atomic E-state index is 0.0683. The Labute approximate surface area is 224 Å². The molecule has 3 atom stereocenters. The molecule has 3 aliphatic rings. The molecule has 202 valence electrons. The molecule has 0 aromatic heterocycles. The highest BCUT2D eigenvalue weighted by molar-refractivity contribution is 5.92. The molecule has 0 radical (unpaired) electrons. The molecule has 2 aromatic rings. The molecule has 7 nitrogen and oxygen atoms in total. The minimum Gasteiger partial charge on any atom is -0.508 e. The van der Waals surface area contributed by atoms with E-state index >= 15 is 0 Å². The molecule has 2 aliphatic carbocycles. The van der Waals surface area contributed by atoms with Crippen molar-refractivity contribution in [2.45, 2.75) is 62.5 Å². The normalized spacial score (nSPS) is 27.5. The Morgan fingerprint density at radius 1 is 1.13 bits per heavy atom. The van der Waals surface area contributed by atoms with E-state index in [1.807, 2.05) is 18.2 Å². The molecule has 1 saturated heterocycles. The van der Waals surface area contributed by atoms with Gasteiger partial charge in [0.15, 0.2) is 0 Å². The summed E-state index contributed by atoms with van der Waals surface area (Å²) in [4.78, 5) is 28.0. The van der Waals surface area contributed by atoms with Crippen LogP contribution < -0.4 is 10.1 Å². The molecule has 0 bridgehead atoms. The lowest BCUT2D eigenvalue weighted by Crippen LogP contribution is -2.68. The number of esters is 1. The summed E-state index contributed by atoms with van der Waals surface area (Å²) in [5.74, 6) is 1.25. The van der Waals surface area contributed by atoms with E-state index < -0.39 is 11.0 Å². The number of hydrogen-bond acceptors (Lipinski definition) is 6. The molecule has 1 heterocycles. The first-order chi connectivity index (χ1) is 18.3. The number of nitrogens with one attached hydrogen (secondary N) is 1. The molecule has 7 heteroatoms. The molecular formula is C31H38N2O5. The second-order valence-electron chi connectivity index (χ2n) is 11.2. The van der Waals surface area contributed by atoms with Gasteiger partial charge in [0.05, 0.1) is 7.11 Å². The monoisotopic (exact) mass is 518 g/mol. The van der Waals surface area contributed by atoms with Crippen molar-refractivity contribution in [3.63, 3.8) is 0 Å². The Hall–Kier alpha value is -3.32. The van der Waals surface area contributed by atoms with Crippen molar-refractivity contribution in [1.29, 1.82) is 0 Å². The molecule has 1 aliphatic heterocycles. The number of carbonyl (C=O) groups is 2. The number of amides is 1. The summed E-state index contributed by atoms with van der Waals surface area (Å²) in [5, 5.41) is 12.9. The predicted octanol–water partition coefficient (Wildman–Crippen LogP) is 4.44. The van der Waals surface area contributed by atoms with Gasteiger partial charge in [-0.05, 0) is 92.5 Å². The number of phenolic OH excluding ortho intramolecular Hbond substituents is 1. The third-order valence-electron chi connectivity index (χ3n) is 8.52. The summed E-state index contributed by atoms with van der Waals surface area (Å²) in [6, 6.07) is 14.8. The zero-order valence-electron chi connectivity index (χ0n) is 22.3. The highest BCUT2D eigenvalue weighted by Crippen LogP contribution is 2.54. The first-order valence-electron chi connectivity index (χ1n) is 13.6. The number of nitrogens with zero attached hydrogens (tertiary/aromatic N) is 1. The fourth-order valence-corrected chi connectivity index (χ4v) is 6.60. The molecule has 3 fully saturated rings. The number of benzene rings is 2. The van der Waals surface area contributed by atoms with Gasteiger partial charge in [0.25, 0.3) is 0 Å². The van der Waals surface area contributed by atoms with Crippen molar-refractivity contribution in [3.05, 3.63) is 65.7 Å². The van der Waals surface area contributed by atoms with E-state index in [0.717, 1.165) is 48.7 Å². The highest BCUT2D eigenvalue weighted by atomic mass is 16.6. The Bertz CT molecular complexity index is 1210. The van der Waals surface area contributed by atoms with E-state index in [0.29, 0.717) is 19.4 Å². The standard InChI is InChI=1S/C31H38N2O5/c1-22(34)38-31-14-13-26(32-29(36)12-11-23-5-3-7-27(35)17-23)19-30(31,25-6-4-8-28(18-25)37-2)15-16-33(21-31)20-24-9-10-24/h3-8,11-12,17-18,24,26,35H,9-10,13-16,19-21H2,1-2H3,(H,32,36)/b12-11+. The second-order valence-corrected chi connectivity index (χ2v) is 11.2. The summed E-state index contributed by atoms with van der Waals surface area (Å²) in [6.07, 6.45) is 8.69. The highest BCUT2D eigenvalue weighted by Gasteiger charge is 2.61. The summed E-state index contributed by atoms with van der Waals surface area (Å²) < 4.78 is 11.9. The van der Waals surface area contributed by atoms with Crippen LogP contribution >= 0.6 is 0 Å². The van der Waals surface area contributed by atoms with Gasteiger partial charge in [-0.3, -0.25) is 14.5 Å². The number of likely N-dealkylation sites (tertiary alicyclic amines) is 1. The average molecular weight is 519 g/mol. The SMILES string of the molecule is COc1cccc(C23CCN(CC4CC4)CC2(OC(C)=O)CCC(NC(=O)/C=C/c2cccc(O)c2)C3)c1. The zero-order chi connectivity index (χ0) is 26.8. The molecule has 1 amide bonds. The fraction of sp³-hybridized carbons (Fsp3) is 0.484. The van der Waals surface area contributed by atoms with Gasteiger partial charge < -0.3 is 19.9 Å². The minimum atomic E-state index is -0.670. The molecule has 2 aromatic carbocycles. The number of methoxy groups -OCH3 is 1. The number of fused-ring (bicyclic) bond motifs is 1. The lowest BCUT2D eigenvalue weighted by molar-refractivity contribution is -0.187. The van der Waals surface area contributed by atoms with Crippen LogP contribution in [0.15, 0.2) is 54.6 Å². The molecule has 2 saturated carbocycles. The maximum atomic E-state index is 12.9. The van der Waals surface area contributed by atoms with Gasteiger partial charge in [-0.2, -0.15) is 0 Å². The van der Waals surface area contributed by atoms with Crippen LogP contribution in [0.4, 0.5) is 0 Å². The molecule has 3 unspecified atom stereocenters. The number of carbonyl (C=O) groups excluding carboxylic acids is 2. The van der Waals surface area contributed by atoms with Crippen molar-refractivity contribution in [3.8, 4) is 11.5 Å². The van der Waals surface area contributed by atoms with Gasteiger partial charge in [-0.25, -0.2) is 0 Å². The van der Waals surface area contributed by atoms with Gasteiger partial charge in [-0.1, -0.05) is 24.3 Å². The number of phenols is 1. The van der Waals surface area contributed by atoms with Crippen molar-refractivity contribution >= 4 is 18.0 Å². The predicted molar refractivity (Wildman–Crippen MR) is 146 cm³/mol. The van der Waals surface area contributed by atoms with Crippen LogP contribution in [0.2, 0.25) is 0 Å². The first-order valence-corrected chi connectivity index (χ1v) is 13.6. The van der Waals surface area contributed by atoms with Gasteiger partial charge in [-0.15, -0.1) is 0 Å². The van der Waals surface area contributed by atoms with E-state index in [9.17, 15) is 14.7 Å². The van der Waals surface area contributed by atoms with Crippen LogP contribution in [0, 0.1) is 5.92 Å². The summed E-state index contributed by atoms with van der Waals surface area (Å²) in [5.41, 5.74) is 0.738. The molecule has 5 rings (SSSR count). The first kappa shape index (κ1) is 26.3. The summed E-state index contributed by atoms with van der Waals surface area (Å²) in [7, 11) is 1.66. The van der Waals surface area contributed by atoms with Crippen LogP contribution in [0.1, 0.15) is 56.6 Å². The second kappa shape index (κ2) is 10.8.